The molecule has 1 heterocycles. The second kappa shape index (κ2) is 4.12. The first-order valence-electron chi connectivity index (χ1n) is 4.34. The van der Waals surface area contributed by atoms with Crippen molar-refractivity contribution in [3.05, 3.63) is 29.9 Å². The average Bonchev–Trinajstić information content (AvgIpc) is 2.42. The molecule has 0 bridgehead atoms. The van der Waals surface area contributed by atoms with Crippen LogP contribution in [0.5, 0.6) is 0 Å². The van der Waals surface area contributed by atoms with E-state index < -0.39 is 12.0 Å². The summed E-state index contributed by atoms with van der Waals surface area (Å²) in [7, 11) is 6.69. The zero-order valence-corrected chi connectivity index (χ0v) is 8.30. The van der Waals surface area contributed by atoms with Crippen LogP contribution in [0.1, 0.15) is 17.2 Å². The van der Waals surface area contributed by atoms with Gasteiger partial charge in [0.25, 0.3) is 0 Å². The van der Waals surface area contributed by atoms with Crippen LogP contribution < -0.4 is 0 Å². The molecule has 2 radical (unpaired) electrons. The molecule has 1 aromatic rings. The van der Waals surface area contributed by atoms with E-state index in [1.165, 1.54) is 13.1 Å². The molecule has 0 aliphatic rings. The van der Waals surface area contributed by atoms with Crippen LogP contribution in [0.2, 0.25) is 0 Å². The maximum Gasteiger partial charge on any atom is 0.449 e. The summed E-state index contributed by atoms with van der Waals surface area (Å²) >= 11 is 0. The summed E-state index contributed by atoms with van der Waals surface area (Å²) in [4.78, 5) is 3.53. The van der Waals surface area contributed by atoms with E-state index in [9.17, 15) is 13.2 Å². The van der Waals surface area contributed by atoms with Gasteiger partial charge in [-0.3, -0.25) is 0 Å². The highest BCUT2D eigenvalue weighted by Gasteiger charge is 2.37. The maximum atomic E-state index is 12.5. The topological polar surface area (TPSA) is 17.8 Å². The van der Waals surface area contributed by atoms with Gasteiger partial charge in [-0.25, -0.2) is 4.98 Å². The summed E-state index contributed by atoms with van der Waals surface area (Å²) in [5.74, 6) is -0.917. The molecule has 2 nitrogen and oxygen atoms in total. The summed E-state index contributed by atoms with van der Waals surface area (Å²) in [5, 5.41) is 0. The minimum Gasteiger partial charge on any atom is -0.328 e. The normalized spacial score (nSPS) is 11.7. The van der Waals surface area contributed by atoms with Gasteiger partial charge in [0.15, 0.2) is 0 Å². The van der Waals surface area contributed by atoms with Crippen molar-refractivity contribution in [2.24, 2.45) is 7.05 Å². The molecule has 0 N–H and O–H groups in total. The van der Waals surface area contributed by atoms with Crippen molar-refractivity contribution >= 4 is 7.85 Å². The molecule has 0 aliphatic heterocycles. The maximum absolute atomic E-state index is 12.5. The molecule has 0 fully saturated rings. The number of nitrogens with zero attached hydrogens (tertiary/aromatic N) is 2. The standard InChI is InChI=1S/C9H10BF3N2/c1-3-4-6-7(5-10)15(2)8(14-6)9(11,12)13/h3H,1,4-5H2,2H3. The highest BCUT2D eigenvalue weighted by Crippen LogP contribution is 2.29. The fourth-order valence-electron chi connectivity index (χ4n) is 1.40. The lowest BCUT2D eigenvalue weighted by Crippen LogP contribution is -2.13. The lowest BCUT2D eigenvalue weighted by atomic mass is 9.99. The predicted molar refractivity (Wildman–Crippen MR) is 51.6 cm³/mol. The lowest BCUT2D eigenvalue weighted by molar-refractivity contribution is -0.146. The Morgan fingerprint density at radius 1 is 1.53 bits per heavy atom. The molecule has 0 atom stereocenters. The molecule has 0 aliphatic carbocycles. The monoisotopic (exact) mass is 214 g/mol. The second-order valence-electron chi connectivity index (χ2n) is 3.08. The number of rotatable bonds is 3. The van der Waals surface area contributed by atoms with Crippen molar-refractivity contribution in [2.45, 2.75) is 18.9 Å². The van der Waals surface area contributed by atoms with Crippen molar-refractivity contribution in [1.29, 1.82) is 0 Å². The highest BCUT2D eigenvalue weighted by molar-refractivity contribution is 6.08. The minimum atomic E-state index is -4.45. The van der Waals surface area contributed by atoms with Crippen molar-refractivity contribution in [1.82, 2.24) is 9.55 Å². The summed E-state index contributed by atoms with van der Waals surface area (Å²) in [6.07, 6.45) is -2.63. The van der Waals surface area contributed by atoms with Gasteiger partial charge >= 0.3 is 6.18 Å². The Kier molecular flexibility index (Phi) is 3.26. The largest absolute Gasteiger partial charge is 0.449 e. The number of halogens is 3. The number of alkyl halides is 3. The quantitative estimate of drug-likeness (QED) is 0.554. The van der Waals surface area contributed by atoms with Crippen LogP contribution in [0.3, 0.4) is 0 Å². The lowest BCUT2D eigenvalue weighted by Gasteiger charge is -2.07. The van der Waals surface area contributed by atoms with Crippen LogP contribution in [0.25, 0.3) is 0 Å². The van der Waals surface area contributed by atoms with Gasteiger partial charge in [0.1, 0.15) is 0 Å². The van der Waals surface area contributed by atoms with E-state index >= 15 is 0 Å². The smallest absolute Gasteiger partial charge is 0.328 e. The molecule has 80 valence electrons. The second-order valence-corrected chi connectivity index (χ2v) is 3.08. The van der Waals surface area contributed by atoms with E-state index in [2.05, 4.69) is 11.6 Å². The van der Waals surface area contributed by atoms with E-state index in [4.69, 9.17) is 7.85 Å². The molecule has 0 saturated carbocycles. The van der Waals surface area contributed by atoms with Crippen molar-refractivity contribution in [2.75, 3.05) is 0 Å². The van der Waals surface area contributed by atoms with E-state index in [0.717, 1.165) is 4.57 Å². The molecular weight excluding hydrogens is 204 g/mol. The van der Waals surface area contributed by atoms with Crippen molar-refractivity contribution in [3.8, 4) is 0 Å². The fourth-order valence-corrected chi connectivity index (χ4v) is 1.40. The molecule has 0 amide bonds. The molecule has 6 heteroatoms. The first kappa shape index (κ1) is 11.9. The molecule has 0 saturated heterocycles. The van der Waals surface area contributed by atoms with Crippen LogP contribution >= 0.6 is 0 Å². The molecule has 1 rings (SSSR count). The van der Waals surface area contributed by atoms with Crippen molar-refractivity contribution in [3.63, 3.8) is 0 Å². The third-order valence-electron chi connectivity index (χ3n) is 2.08. The van der Waals surface area contributed by atoms with E-state index in [1.807, 2.05) is 0 Å². The number of aromatic nitrogens is 2. The molecule has 0 spiro atoms. The van der Waals surface area contributed by atoms with E-state index in [-0.39, 0.29) is 12.7 Å². The van der Waals surface area contributed by atoms with Gasteiger partial charge in [-0.05, 0) is 6.32 Å². The molecule has 0 aromatic carbocycles. The fraction of sp³-hybridized carbons (Fsp3) is 0.444. The third-order valence-corrected chi connectivity index (χ3v) is 2.08. The summed E-state index contributed by atoms with van der Waals surface area (Å²) in [5.41, 5.74) is 0.726. The zero-order valence-electron chi connectivity index (χ0n) is 8.30. The summed E-state index contributed by atoms with van der Waals surface area (Å²) in [6.45, 7) is 3.46. The van der Waals surface area contributed by atoms with Crippen LogP contribution in [0.15, 0.2) is 12.7 Å². The van der Waals surface area contributed by atoms with Crippen LogP contribution in [0, 0.1) is 0 Å². The van der Waals surface area contributed by atoms with Crippen LogP contribution in [-0.4, -0.2) is 17.4 Å². The number of allylic oxidation sites excluding steroid dienone is 1. The Balaban J connectivity index is 3.26. The summed E-state index contributed by atoms with van der Waals surface area (Å²) < 4.78 is 38.4. The highest BCUT2D eigenvalue weighted by atomic mass is 19.4. The van der Waals surface area contributed by atoms with Gasteiger partial charge in [0.05, 0.1) is 13.5 Å². The summed E-state index contributed by atoms with van der Waals surface area (Å²) in [6, 6.07) is 0. The zero-order chi connectivity index (χ0) is 11.6. The first-order chi connectivity index (χ1) is 6.91. The van der Waals surface area contributed by atoms with Gasteiger partial charge in [-0.1, -0.05) is 6.08 Å². The van der Waals surface area contributed by atoms with E-state index in [1.54, 1.807) is 0 Å². The molecule has 15 heavy (non-hydrogen) atoms. The van der Waals surface area contributed by atoms with Gasteiger partial charge in [-0.2, -0.15) is 13.2 Å². The predicted octanol–water partition coefficient (Wildman–Crippen LogP) is 1.84. The third kappa shape index (κ3) is 2.24. The minimum absolute atomic E-state index is 0.0305. The van der Waals surface area contributed by atoms with Crippen LogP contribution in [-0.2, 0) is 26.0 Å². The molecular formula is C9H10BF3N2. The van der Waals surface area contributed by atoms with Crippen molar-refractivity contribution < 1.29 is 13.2 Å². The molecule has 1 aromatic heterocycles. The Hall–Kier alpha value is -1.20. The Morgan fingerprint density at radius 2 is 2.13 bits per heavy atom. The number of imidazole rings is 1. The Morgan fingerprint density at radius 3 is 2.53 bits per heavy atom. The van der Waals surface area contributed by atoms with Gasteiger partial charge in [0.2, 0.25) is 5.82 Å². The number of hydrogen-bond acceptors (Lipinski definition) is 1. The number of hydrogen-bond donors (Lipinski definition) is 0. The first-order valence-corrected chi connectivity index (χ1v) is 4.34. The van der Waals surface area contributed by atoms with E-state index in [0.29, 0.717) is 11.4 Å². The SMILES string of the molecule is [B]Cc1c(CC=C)nc(C(F)(F)F)n1C. The van der Waals surface area contributed by atoms with Gasteiger partial charge in [-0.15, -0.1) is 6.58 Å². The molecule has 0 unspecified atom stereocenters. The Labute approximate surface area is 87.2 Å². The Bertz CT molecular complexity index is 368. The average molecular weight is 214 g/mol. The van der Waals surface area contributed by atoms with Gasteiger partial charge in [0, 0.05) is 19.2 Å². The van der Waals surface area contributed by atoms with Gasteiger partial charge < -0.3 is 4.57 Å². The van der Waals surface area contributed by atoms with Crippen LogP contribution in [0.4, 0.5) is 13.2 Å².